The summed E-state index contributed by atoms with van der Waals surface area (Å²) in [5.74, 6) is 2.36. The number of pyridine rings is 1. The SMILES string of the molecule is Cc1ccc(-c2nc(N)c3cc(Cc4ncccc4Cl)sc3n2)o1. The summed E-state index contributed by atoms with van der Waals surface area (Å²) in [4.78, 5) is 15.2. The van der Waals surface area contributed by atoms with Gasteiger partial charge in [0.25, 0.3) is 0 Å². The van der Waals surface area contributed by atoms with Gasteiger partial charge in [0.05, 0.1) is 16.1 Å². The number of anilines is 1. The summed E-state index contributed by atoms with van der Waals surface area (Å²) in [6.07, 6.45) is 2.37. The quantitative estimate of drug-likeness (QED) is 0.585. The molecule has 0 aliphatic heterocycles. The summed E-state index contributed by atoms with van der Waals surface area (Å²) in [5.41, 5.74) is 6.94. The Morgan fingerprint density at radius 3 is 2.88 bits per heavy atom. The summed E-state index contributed by atoms with van der Waals surface area (Å²) >= 11 is 7.75. The van der Waals surface area contributed by atoms with Crippen LogP contribution in [0.2, 0.25) is 5.02 Å². The average Bonchev–Trinajstić information content (AvgIpc) is 3.16. The first-order valence-electron chi connectivity index (χ1n) is 7.32. The van der Waals surface area contributed by atoms with Crippen LogP contribution in [-0.2, 0) is 6.42 Å². The van der Waals surface area contributed by atoms with Crippen LogP contribution in [0.25, 0.3) is 21.8 Å². The Morgan fingerprint density at radius 1 is 1.25 bits per heavy atom. The van der Waals surface area contributed by atoms with Gasteiger partial charge in [0.1, 0.15) is 16.4 Å². The van der Waals surface area contributed by atoms with E-state index in [1.54, 1.807) is 17.5 Å². The Morgan fingerprint density at radius 2 is 2.12 bits per heavy atom. The van der Waals surface area contributed by atoms with Crippen LogP contribution < -0.4 is 5.73 Å². The molecule has 5 nitrogen and oxygen atoms in total. The van der Waals surface area contributed by atoms with Gasteiger partial charge in [-0.25, -0.2) is 9.97 Å². The highest BCUT2D eigenvalue weighted by Crippen LogP contribution is 2.32. The van der Waals surface area contributed by atoms with E-state index in [1.807, 2.05) is 37.3 Å². The highest BCUT2D eigenvalue weighted by atomic mass is 35.5. The molecule has 24 heavy (non-hydrogen) atoms. The number of aryl methyl sites for hydroxylation is 1. The molecule has 0 fully saturated rings. The smallest absolute Gasteiger partial charge is 0.199 e. The van der Waals surface area contributed by atoms with Crippen molar-refractivity contribution in [2.24, 2.45) is 0 Å². The van der Waals surface area contributed by atoms with Crippen molar-refractivity contribution in [1.29, 1.82) is 0 Å². The number of nitrogens with two attached hydrogens (primary N) is 1. The van der Waals surface area contributed by atoms with E-state index in [0.29, 0.717) is 28.8 Å². The van der Waals surface area contributed by atoms with E-state index in [1.165, 1.54) is 0 Å². The number of fused-ring (bicyclic) bond motifs is 1. The normalized spacial score (nSPS) is 11.2. The van der Waals surface area contributed by atoms with Crippen LogP contribution in [0.4, 0.5) is 5.82 Å². The van der Waals surface area contributed by atoms with Crippen molar-refractivity contribution >= 4 is 39.0 Å². The minimum atomic E-state index is 0.443. The van der Waals surface area contributed by atoms with Gasteiger partial charge >= 0.3 is 0 Å². The molecule has 4 heterocycles. The van der Waals surface area contributed by atoms with Gasteiger partial charge in [-0.15, -0.1) is 11.3 Å². The second-order valence-electron chi connectivity index (χ2n) is 5.38. The molecule has 120 valence electrons. The monoisotopic (exact) mass is 356 g/mol. The predicted octanol–water partition coefficient (Wildman–Crippen LogP) is 4.48. The number of nitrogens with zero attached hydrogens (tertiary/aromatic N) is 3. The van der Waals surface area contributed by atoms with E-state index in [9.17, 15) is 0 Å². The van der Waals surface area contributed by atoms with Crippen LogP contribution in [0.1, 0.15) is 16.3 Å². The molecule has 0 unspecified atom stereocenters. The second kappa shape index (κ2) is 5.89. The molecule has 0 radical (unpaired) electrons. The lowest BCUT2D eigenvalue weighted by Crippen LogP contribution is -1.95. The van der Waals surface area contributed by atoms with Crippen LogP contribution in [0, 0.1) is 6.92 Å². The Bertz CT molecular complexity index is 1040. The first-order valence-corrected chi connectivity index (χ1v) is 8.52. The van der Waals surface area contributed by atoms with Crippen LogP contribution in [-0.4, -0.2) is 15.0 Å². The van der Waals surface area contributed by atoms with E-state index in [0.717, 1.165) is 26.5 Å². The molecule has 0 atom stereocenters. The third kappa shape index (κ3) is 2.74. The maximum Gasteiger partial charge on any atom is 0.199 e. The molecule has 4 rings (SSSR count). The van der Waals surface area contributed by atoms with Crippen molar-refractivity contribution in [3.8, 4) is 11.6 Å². The Hall–Kier alpha value is -2.44. The lowest BCUT2D eigenvalue weighted by Gasteiger charge is -1.99. The van der Waals surface area contributed by atoms with Crippen molar-refractivity contribution in [3.63, 3.8) is 0 Å². The van der Waals surface area contributed by atoms with Crippen molar-refractivity contribution in [3.05, 3.63) is 57.9 Å². The predicted molar refractivity (Wildman–Crippen MR) is 96.3 cm³/mol. The molecule has 0 aromatic carbocycles. The molecule has 4 aromatic heterocycles. The van der Waals surface area contributed by atoms with E-state index >= 15 is 0 Å². The molecule has 0 saturated carbocycles. The minimum absolute atomic E-state index is 0.443. The summed E-state index contributed by atoms with van der Waals surface area (Å²) in [6.45, 7) is 1.88. The molecule has 0 saturated heterocycles. The summed E-state index contributed by atoms with van der Waals surface area (Å²) in [6, 6.07) is 9.37. The van der Waals surface area contributed by atoms with Gasteiger partial charge < -0.3 is 10.2 Å². The van der Waals surface area contributed by atoms with Gasteiger partial charge in [0.2, 0.25) is 0 Å². The summed E-state index contributed by atoms with van der Waals surface area (Å²) in [7, 11) is 0. The second-order valence-corrected chi connectivity index (χ2v) is 6.91. The Balaban J connectivity index is 1.75. The van der Waals surface area contributed by atoms with Gasteiger partial charge in [-0.3, -0.25) is 4.98 Å². The zero-order valence-corrected chi connectivity index (χ0v) is 14.4. The number of hydrogen-bond donors (Lipinski definition) is 1. The van der Waals surface area contributed by atoms with E-state index in [2.05, 4.69) is 15.0 Å². The molecule has 0 aliphatic carbocycles. The van der Waals surface area contributed by atoms with Crippen molar-refractivity contribution in [2.45, 2.75) is 13.3 Å². The number of nitrogen functional groups attached to an aromatic ring is 1. The third-order valence-corrected chi connectivity index (χ3v) is 4.98. The van der Waals surface area contributed by atoms with Gasteiger partial charge in [-0.2, -0.15) is 0 Å². The first kappa shape index (κ1) is 15.1. The zero-order valence-electron chi connectivity index (χ0n) is 12.8. The first-order chi connectivity index (χ1) is 11.6. The van der Waals surface area contributed by atoms with Crippen LogP contribution in [0.15, 0.2) is 40.9 Å². The van der Waals surface area contributed by atoms with E-state index in [-0.39, 0.29) is 0 Å². The van der Waals surface area contributed by atoms with Gasteiger partial charge in [-0.1, -0.05) is 11.6 Å². The number of hydrogen-bond acceptors (Lipinski definition) is 6. The molecule has 7 heteroatoms. The van der Waals surface area contributed by atoms with Crippen LogP contribution >= 0.6 is 22.9 Å². The number of thiophene rings is 1. The third-order valence-electron chi connectivity index (χ3n) is 3.61. The standard InChI is InChI=1S/C17H13ClN4OS/c1-9-4-5-14(23-9)16-21-15(19)11-7-10(24-17(11)22-16)8-13-12(18)3-2-6-20-13/h2-7H,8H2,1H3,(H2,19,21,22). The number of aromatic nitrogens is 3. The van der Waals surface area contributed by atoms with Gasteiger partial charge in [0.15, 0.2) is 11.6 Å². The molecule has 2 N–H and O–H groups in total. The zero-order chi connectivity index (χ0) is 16.7. The van der Waals surface area contributed by atoms with Crippen LogP contribution in [0.5, 0.6) is 0 Å². The fourth-order valence-electron chi connectivity index (χ4n) is 2.46. The maximum atomic E-state index is 6.19. The largest absolute Gasteiger partial charge is 0.458 e. The van der Waals surface area contributed by atoms with E-state index < -0.39 is 0 Å². The van der Waals surface area contributed by atoms with Crippen molar-refractivity contribution < 1.29 is 4.42 Å². The summed E-state index contributed by atoms with van der Waals surface area (Å²) < 4.78 is 5.59. The number of rotatable bonds is 3. The maximum absolute atomic E-state index is 6.19. The van der Waals surface area contributed by atoms with Crippen molar-refractivity contribution in [1.82, 2.24) is 15.0 Å². The fourth-order valence-corrected chi connectivity index (χ4v) is 3.69. The fraction of sp³-hybridized carbons (Fsp3) is 0.118. The molecule has 0 amide bonds. The Kier molecular flexibility index (Phi) is 3.70. The topological polar surface area (TPSA) is 77.8 Å². The Labute approximate surface area is 147 Å². The van der Waals surface area contributed by atoms with Gasteiger partial charge in [0, 0.05) is 17.5 Å². The molecular weight excluding hydrogens is 344 g/mol. The molecule has 0 aliphatic rings. The highest BCUT2D eigenvalue weighted by Gasteiger charge is 2.14. The minimum Gasteiger partial charge on any atom is -0.458 e. The number of halogens is 1. The lowest BCUT2D eigenvalue weighted by molar-refractivity contribution is 0.544. The molecule has 0 bridgehead atoms. The lowest BCUT2D eigenvalue weighted by atomic mass is 10.2. The molecule has 4 aromatic rings. The number of furan rings is 1. The van der Waals surface area contributed by atoms with Crippen molar-refractivity contribution in [2.75, 3.05) is 5.73 Å². The molecule has 0 spiro atoms. The average molecular weight is 357 g/mol. The van der Waals surface area contributed by atoms with Crippen LogP contribution in [0.3, 0.4) is 0 Å². The highest BCUT2D eigenvalue weighted by molar-refractivity contribution is 7.18. The molecular formula is C17H13ClN4OS. The van der Waals surface area contributed by atoms with Gasteiger partial charge in [-0.05, 0) is 37.3 Å². The van der Waals surface area contributed by atoms with E-state index in [4.69, 9.17) is 21.8 Å². The summed E-state index contributed by atoms with van der Waals surface area (Å²) in [5, 5.41) is 1.50.